The number of hydrogen-bond acceptors (Lipinski definition) is 1. The second-order valence-electron chi connectivity index (χ2n) is 4.25. The van der Waals surface area contributed by atoms with Crippen molar-refractivity contribution in [2.24, 2.45) is 0 Å². The molecule has 0 saturated carbocycles. The highest BCUT2D eigenvalue weighted by Crippen LogP contribution is 2.26. The molecule has 0 bridgehead atoms. The van der Waals surface area contributed by atoms with E-state index in [-0.39, 0.29) is 5.41 Å². The predicted molar refractivity (Wildman–Crippen MR) is 79.8 cm³/mol. The maximum Gasteiger partial charge on any atom is 0.00428 e. The average Bonchev–Trinajstić information content (AvgIpc) is 2.21. The van der Waals surface area contributed by atoms with Crippen LogP contribution in [0.2, 0.25) is 0 Å². The molecule has 0 fully saturated rings. The first-order valence-electron chi connectivity index (χ1n) is 6.21. The summed E-state index contributed by atoms with van der Waals surface area (Å²) in [6.45, 7) is 16.8. The highest BCUT2D eigenvalue weighted by molar-refractivity contribution is 7.80. The SMILES string of the molecule is CC.CC.Cc1cc(S)ccc1C(C)(C)C. The fourth-order valence-corrected chi connectivity index (χ4v) is 1.76. The second kappa shape index (κ2) is 8.69. The number of aryl methyl sites for hydroxylation is 1. The van der Waals surface area contributed by atoms with Crippen molar-refractivity contribution in [1.29, 1.82) is 0 Å². The minimum Gasteiger partial charge on any atom is -0.143 e. The van der Waals surface area contributed by atoms with Crippen molar-refractivity contribution >= 4 is 12.6 Å². The smallest absolute Gasteiger partial charge is 0.00428 e. The van der Waals surface area contributed by atoms with E-state index in [1.807, 2.05) is 27.7 Å². The van der Waals surface area contributed by atoms with Crippen LogP contribution >= 0.6 is 12.6 Å². The number of rotatable bonds is 0. The largest absolute Gasteiger partial charge is 0.143 e. The molecule has 0 nitrogen and oxygen atoms in total. The van der Waals surface area contributed by atoms with Gasteiger partial charge in [0, 0.05) is 4.90 Å². The Hall–Kier alpha value is -0.430. The monoisotopic (exact) mass is 240 g/mol. The van der Waals surface area contributed by atoms with Gasteiger partial charge in [-0.05, 0) is 35.6 Å². The number of thiol groups is 1. The predicted octanol–water partition coefficient (Wildman–Crippen LogP) is 5.63. The first kappa shape index (κ1) is 17.9. The summed E-state index contributed by atoms with van der Waals surface area (Å²) in [5.41, 5.74) is 2.97. The Kier molecular flexibility index (Phi) is 9.75. The van der Waals surface area contributed by atoms with Crippen LogP contribution in [0.25, 0.3) is 0 Å². The van der Waals surface area contributed by atoms with E-state index in [0.717, 1.165) is 4.90 Å². The molecule has 16 heavy (non-hydrogen) atoms. The molecular weight excluding hydrogens is 212 g/mol. The van der Waals surface area contributed by atoms with E-state index in [9.17, 15) is 0 Å². The summed E-state index contributed by atoms with van der Waals surface area (Å²) in [6, 6.07) is 6.33. The molecule has 0 aromatic heterocycles. The molecule has 1 aromatic rings. The van der Waals surface area contributed by atoms with Crippen LogP contribution < -0.4 is 0 Å². The summed E-state index contributed by atoms with van der Waals surface area (Å²) in [4.78, 5) is 1.04. The highest BCUT2D eigenvalue weighted by atomic mass is 32.1. The van der Waals surface area contributed by atoms with Crippen LogP contribution in [0.3, 0.4) is 0 Å². The Bertz CT molecular complexity index is 282. The van der Waals surface area contributed by atoms with Crippen molar-refractivity contribution in [1.82, 2.24) is 0 Å². The number of hydrogen-bond donors (Lipinski definition) is 1. The molecule has 0 aliphatic carbocycles. The van der Waals surface area contributed by atoms with Gasteiger partial charge in [-0.2, -0.15) is 0 Å². The van der Waals surface area contributed by atoms with Crippen LogP contribution in [0.5, 0.6) is 0 Å². The quantitative estimate of drug-likeness (QED) is 0.558. The van der Waals surface area contributed by atoms with Gasteiger partial charge >= 0.3 is 0 Å². The van der Waals surface area contributed by atoms with Crippen LogP contribution in [-0.4, -0.2) is 0 Å². The lowest BCUT2D eigenvalue weighted by Gasteiger charge is -2.21. The van der Waals surface area contributed by atoms with Gasteiger partial charge in [-0.25, -0.2) is 0 Å². The van der Waals surface area contributed by atoms with Gasteiger partial charge in [0.2, 0.25) is 0 Å². The molecule has 1 heteroatoms. The van der Waals surface area contributed by atoms with Crippen LogP contribution in [0.15, 0.2) is 23.1 Å². The van der Waals surface area contributed by atoms with Crippen LogP contribution in [-0.2, 0) is 5.41 Å². The molecular formula is C15H28S. The lowest BCUT2D eigenvalue weighted by atomic mass is 9.84. The second-order valence-corrected chi connectivity index (χ2v) is 4.77. The highest BCUT2D eigenvalue weighted by Gasteiger charge is 2.15. The van der Waals surface area contributed by atoms with Crippen molar-refractivity contribution in [3.05, 3.63) is 29.3 Å². The molecule has 0 radical (unpaired) electrons. The zero-order valence-electron chi connectivity index (χ0n) is 12.2. The van der Waals surface area contributed by atoms with E-state index in [4.69, 9.17) is 0 Å². The van der Waals surface area contributed by atoms with Gasteiger partial charge in [-0.15, -0.1) is 12.6 Å². The molecule has 1 aromatic carbocycles. The average molecular weight is 240 g/mol. The Morgan fingerprint density at radius 1 is 0.938 bits per heavy atom. The summed E-state index contributed by atoms with van der Waals surface area (Å²) in [5.74, 6) is 0. The lowest BCUT2D eigenvalue weighted by Crippen LogP contribution is -2.12. The van der Waals surface area contributed by atoms with Gasteiger partial charge in [-0.3, -0.25) is 0 Å². The summed E-state index contributed by atoms with van der Waals surface area (Å²) in [7, 11) is 0. The normalized spacial score (nSPS) is 9.56. The van der Waals surface area contributed by atoms with E-state index in [0.29, 0.717) is 0 Å². The molecule has 0 unspecified atom stereocenters. The maximum atomic E-state index is 4.30. The molecule has 0 amide bonds. The molecule has 0 atom stereocenters. The maximum absolute atomic E-state index is 4.30. The molecule has 0 aliphatic rings. The van der Waals surface area contributed by atoms with Crippen molar-refractivity contribution in [2.75, 3.05) is 0 Å². The molecule has 0 saturated heterocycles. The topological polar surface area (TPSA) is 0 Å². The Balaban J connectivity index is 0. The van der Waals surface area contributed by atoms with E-state index >= 15 is 0 Å². The first-order chi connectivity index (χ1) is 7.41. The first-order valence-corrected chi connectivity index (χ1v) is 6.66. The molecule has 0 spiro atoms. The fourth-order valence-electron chi connectivity index (χ4n) is 1.49. The van der Waals surface area contributed by atoms with E-state index in [2.05, 4.69) is 58.5 Å². The molecule has 1 rings (SSSR count). The molecule has 0 heterocycles. The van der Waals surface area contributed by atoms with E-state index in [1.165, 1.54) is 11.1 Å². The molecule has 0 N–H and O–H groups in total. The third-order valence-electron chi connectivity index (χ3n) is 2.02. The lowest BCUT2D eigenvalue weighted by molar-refractivity contribution is 0.585. The third kappa shape index (κ3) is 6.22. The van der Waals surface area contributed by atoms with Gasteiger partial charge in [0.05, 0.1) is 0 Å². The van der Waals surface area contributed by atoms with Gasteiger partial charge in [0.25, 0.3) is 0 Å². The number of benzene rings is 1. The third-order valence-corrected chi connectivity index (χ3v) is 2.30. The molecule has 94 valence electrons. The van der Waals surface area contributed by atoms with Crippen LogP contribution in [0.1, 0.15) is 59.6 Å². The van der Waals surface area contributed by atoms with Gasteiger partial charge < -0.3 is 0 Å². The van der Waals surface area contributed by atoms with Crippen molar-refractivity contribution in [3.63, 3.8) is 0 Å². The van der Waals surface area contributed by atoms with Crippen LogP contribution in [0, 0.1) is 6.92 Å². The minimum atomic E-state index is 0.242. The van der Waals surface area contributed by atoms with E-state index in [1.54, 1.807) is 0 Å². The zero-order chi connectivity index (χ0) is 13.4. The fraction of sp³-hybridized carbons (Fsp3) is 0.600. The zero-order valence-corrected chi connectivity index (χ0v) is 13.1. The van der Waals surface area contributed by atoms with Crippen LogP contribution in [0.4, 0.5) is 0 Å². The summed E-state index contributed by atoms with van der Waals surface area (Å²) < 4.78 is 0. The van der Waals surface area contributed by atoms with Crippen molar-refractivity contribution < 1.29 is 0 Å². The molecule has 0 aliphatic heterocycles. The van der Waals surface area contributed by atoms with Crippen molar-refractivity contribution in [3.8, 4) is 0 Å². The van der Waals surface area contributed by atoms with E-state index < -0.39 is 0 Å². The van der Waals surface area contributed by atoms with Gasteiger partial charge in [0.15, 0.2) is 0 Å². The summed E-state index contributed by atoms with van der Waals surface area (Å²) in [6.07, 6.45) is 0. The van der Waals surface area contributed by atoms with Gasteiger partial charge in [-0.1, -0.05) is 54.5 Å². The minimum absolute atomic E-state index is 0.242. The van der Waals surface area contributed by atoms with Crippen molar-refractivity contribution in [2.45, 2.75) is 65.7 Å². The summed E-state index contributed by atoms with van der Waals surface area (Å²) >= 11 is 4.30. The standard InChI is InChI=1S/C11H16S.2C2H6/c1-8-7-9(12)5-6-10(8)11(2,3)4;2*1-2/h5-7,12H,1-4H3;2*1-2H3. The Morgan fingerprint density at radius 3 is 1.69 bits per heavy atom. The summed E-state index contributed by atoms with van der Waals surface area (Å²) in [5, 5.41) is 0. The van der Waals surface area contributed by atoms with Gasteiger partial charge in [0.1, 0.15) is 0 Å². The Morgan fingerprint density at radius 2 is 1.38 bits per heavy atom. The Labute approximate surface area is 108 Å².